The van der Waals surface area contributed by atoms with Crippen LogP contribution in [0.2, 0.25) is 0 Å². The lowest BCUT2D eigenvalue weighted by Gasteiger charge is -2.10. The first kappa shape index (κ1) is 10.5. The number of rotatable bonds is 2. The van der Waals surface area contributed by atoms with Crippen molar-refractivity contribution in [1.29, 1.82) is 0 Å². The minimum atomic E-state index is -0.293. The van der Waals surface area contributed by atoms with Crippen molar-refractivity contribution in [3.05, 3.63) is 28.8 Å². The quantitative estimate of drug-likeness (QED) is 0.418. The molecule has 1 amide bonds. The first-order valence-corrected chi connectivity index (χ1v) is 4.26. The van der Waals surface area contributed by atoms with Gasteiger partial charge in [-0.25, -0.2) is 5.84 Å². The Hall–Kier alpha value is -1.55. The highest BCUT2D eigenvalue weighted by Crippen LogP contribution is 2.23. The van der Waals surface area contributed by atoms with Crippen molar-refractivity contribution in [3.63, 3.8) is 0 Å². The van der Waals surface area contributed by atoms with Gasteiger partial charge in [-0.1, -0.05) is 0 Å². The van der Waals surface area contributed by atoms with Crippen molar-refractivity contribution in [2.24, 2.45) is 5.84 Å². The highest BCUT2D eigenvalue weighted by Gasteiger charge is 2.09. The van der Waals surface area contributed by atoms with Gasteiger partial charge in [-0.15, -0.1) is 0 Å². The molecule has 0 spiro atoms. The van der Waals surface area contributed by atoms with E-state index in [4.69, 9.17) is 10.6 Å². The van der Waals surface area contributed by atoms with Crippen LogP contribution in [0.1, 0.15) is 21.5 Å². The van der Waals surface area contributed by atoms with Crippen molar-refractivity contribution in [2.75, 3.05) is 7.11 Å². The van der Waals surface area contributed by atoms with Crippen LogP contribution in [0.3, 0.4) is 0 Å². The molecule has 0 aliphatic carbocycles. The number of carbonyl (C=O) groups is 1. The van der Waals surface area contributed by atoms with E-state index in [-0.39, 0.29) is 5.91 Å². The number of benzene rings is 1. The molecule has 0 aliphatic rings. The molecule has 1 rings (SSSR count). The van der Waals surface area contributed by atoms with Gasteiger partial charge in [0.15, 0.2) is 0 Å². The molecule has 0 saturated carbocycles. The molecule has 0 radical (unpaired) electrons. The van der Waals surface area contributed by atoms with E-state index >= 15 is 0 Å². The number of hydrazine groups is 1. The minimum absolute atomic E-state index is 0.293. The highest BCUT2D eigenvalue weighted by atomic mass is 16.5. The lowest BCUT2D eigenvalue weighted by molar-refractivity contribution is 0.0953. The summed E-state index contributed by atoms with van der Waals surface area (Å²) in [5.41, 5.74) is 4.48. The average Bonchev–Trinajstić information content (AvgIpc) is 2.16. The Balaban J connectivity index is 3.20. The third kappa shape index (κ3) is 1.85. The van der Waals surface area contributed by atoms with Crippen LogP contribution >= 0.6 is 0 Å². The summed E-state index contributed by atoms with van der Waals surface area (Å²) in [5.74, 6) is 5.56. The molecule has 0 aromatic heterocycles. The van der Waals surface area contributed by atoms with E-state index in [1.807, 2.05) is 13.8 Å². The number of nitrogen functional groups attached to an aromatic ring is 1. The molecule has 0 saturated heterocycles. The zero-order valence-corrected chi connectivity index (χ0v) is 8.55. The number of methoxy groups -OCH3 is 1. The van der Waals surface area contributed by atoms with E-state index in [0.29, 0.717) is 5.56 Å². The number of carbonyl (C=O) groups excluding carboxylic acids is 1. The number of nitrogens with one attached hydrogen (secondary N) is 1. The van der Waals surface area contributed by atoms with Crippen molar-refractivity contribution >= 4 is 5.91 Å². The molecular weight excluding hydrogens is 180 g/mol. The predicted molar refractivity (Wildman–Crippen MR) is 54.1 cm³/mol. The summed E-state index contributed by atoms with van der Waals surface area (Å²) >= 11 is 0. The number of aryl methyl sites for hydroxylation is 2. The van der Waals surface area contributed by atoms with E-state index in [0.717, 1.165) is 16.9 Å². The first-order valence-electron chi connectivity index (χ1n) is 4.26. The molecule has 0 atom stereocenters. The van der Waals surface area contributed by atoms with Crippen LogP contribution in [-0.4, -0.2) is 13.0 Å². The lowest BCUT2D eigenvalue weighted by Crippen LogP contribution is -2.30. The Labute approximate surface area is 83.0 Å². The van der Waals surface area contributed by atoms with Gasteiger partial charge in [0.05, 0.1) is 7.11 Å². The second-order valence-electron chi connectivity index (χ2n) is 3.12. The number of hydrogen-bond acceptors (Lipinski definition) is 3. The van der Waals surface area contributed by atoms with Crippen LogP contribution < -0.4 is 16.0 Å². The van der Waals surface area contributed by atoms with Gasteiger partial charge >= 0.3 is 0 Å². The normalized spacial score (nSPS) is 9.71. The topological polar surface area (TPSA) is 64.3 Å². The number of nitrogens with two attached hydrogens (primary N) is 1. The predicted octanol–water partition coefficient (Wildman–Crippen LogP) is 0.916. The Morgan fingerprint density at radius 2 is 1.86 bits per heavy atom. The molecule has 0 aliphatic heterocycles. The maximum absolute atomic E-state index is 11.2. The Bertz CT molecular complexity index is 338. The van der Waals surface area contributed by atoms with Gasteiger partial charge in [-0.3, -0.25) is 10.2 Å². The summed E-state index contributed by atoms with van der Waals surface area (Å²) in [6.45, 7) is 3.78. The molecule has 3 N–H and O–H groups in total. The van der Waals surface area contributed by atoms with Crippen LogP contribution in [0.5, 0.6) is 5.75 Å². The molecule has 0 unspecified atom stereocenters. The summed E-state index contributed by atoms with van der Waals surface area (Å²) in [5, 5.41) is 0. The van der Waals surface area contributed by atoms with Crippen molar-refractivity contribution < 1.29 is 9.53 Å². The minimum Gasteiger partial charge on any atom is -0.496 e. The van der Waals surface area contributed by atoms with Gasteiger partial charge in [0, 0.05) is 5.56 Å². The maximum Gasteiger partial charge on any atom is 0.265 e. The van der Waals surface area contributed by atoms with Gasteiger partial charge in [0.25, 0.3) is 5.91 Å². The molecule has 0 heterocycles. The fraction of sp³-hybridized carbons (Fsp3) is 0.300. The Morgan fingerprint density at radius 3 is 2.21 bits per heavy atom. The zero-order valence-electron chi connectivity index (χ0n) is 8.55. The zero-order chi connectivity index (χ0) is 10.7. The maximum atomic E-state index is 11.2. The standard InChI is InChI=1S/C10H14N2O2/c1-6-4-8(10(13)12-11)5-7(2)9(6)14-3/h4-5H,11H2,1-3H3,(H,12,13). The summed E-state index contributed by atoms with van der Waals surface area (Å²) in [6.07, 6.45) is 0. The van der Waals surface area contributed by atoms with E-state index in [2.05, 4.69) is 5.43 Å². The van der Waals surface area contributed by atoms with E-state index in [1.54, 1.807) is 19.2 Å². The second kappa shape index (κ2) is 4.11. The first-order chi connectivity index (χ1) is 6.60. The molecule has 14 heavy (non-hydrogen) atoms. The van der Waals surface area contributed by atoms with Gasteiger partial charge < -0.3 is 4.74 Å². The number of amides is 1. The highest BCUT2D eigenvalue weighted by molar-refractivity contribution is 5.94. The van der Waals surface area contributed by atoms with E-state index < -0.39 is 0 Å². The second-order valence-corrected chi connectivity index (χ2v) is 3.12. The van der Waals surface area contributed by atoms with E-state index in [9.17, 15) is 4.79 Å². The van der Waals surface area contributed by atoms with Gasteiger partial charge in [0.2, 0.25) is 0 Å². The summed E-state index contributed by atoms with van der Waals surface area (Å²) < 4.78 is 5.18. The van der Waals surface area contributed by atoms with Crippen LogP contribution in [0.15, 0.2) is 12.1 Å². The third-order valence-corrected chi connectivity index (χ3v) is 2.06. The molecule has 1 aromatic carbocycles. The number of ether oxygens (including phenoxy) is 1. The molecule has 4 heteroatoms. The third-order valence-electron chi connectivity index (χ3n) is 2.06. The van der Waals surface area contributed by atoms with Crippen molar-refractivity contribution in [1.82, 2.24) is 5.43 Å². The fourth-order valence-electron chi connectivity index (χ4n) is 1.49. The lowest BCUT2D eigenvalue weighted by atomic mass is 10.1. The summed E-state index contributed by atoms with van der Waals surface area (Å²) in [6, 6.07) is 3.49. The Kier molecular flexibility index (Phi) is 3.09. The van der Waals surface area contributed by atoms with Crippen LogP contribution in [-0.2, 0) is 0 Å². The van der Waals surface area contributed by atoms with Crippen LogP contribution in [0.25, 0.3) is 0 Å². The summed E-state index contributed by atoms with van der Waals surface area (Å²) in [4.78, 5) is 11.2. The van der Waals surface area contributed by atoms with Gasteiger partial charge in [-0.2, -0.15) is 0 Å². The molecule has 76 valence electrons. The average molecular weight is 194 g/mol. The smallest absolute Gasteiger partial charge is 0.265 e. The summed E-state index contributed by atoms with van der Waals surface area (Å²) in [7, 11) is 1.61. The molecule has 0 fully saturated rings. The monoisotopic (exact) mass is 194 g/mol. The SMILES string of the molecule is COc1c(C)cc(C(=O)NN)cc1C. The largest absolute Gasteiger partial charge is 0.496 e. The molecule has 0 bridgehead atoms. The van der Waals surface area contributed by atoms with Crippen molar-refractivity contribution in [3.8, 4) is 5.75 Å². The van der Waals surface area contributed by atoms with Crippen LogP contribution in [0, 0.1) is 13.8 Å². The van der Waals surface area contributed by atoms with Gasteiger partial charge in [-0.05, 0) is 37.1 Å². The van der Waals surface area contributed by atoms with E-state index in [1.165, 1.54) is 0 Å². The fourth-order valence-corrected chi connectivity index (χ4v) is 1.49. The molecular formula is C10H14N2O2. The van der Waals surface area contributed by atoms with Crippen LogP contribution in [0.4, 0.5) is 0 Å². The van der Waals surface area contributed by atoms with Crippen molar-refractivity contribution in [2.45, 2.75) is 13.8 Å². The number of hydrogen-bond donors (Lipinski definition) is 2. The van der Waals surface area contributed by atoms with Gasteiger partial charge in [0.1, 0.15) is 5.75 Å². The molecule has 1 aromatic rings. The Morgan fingerprint density at radius 1 is 1.36 bits per heavy atom. The molecule has 4 nitrogen and oxygen atoms in total.